The third-order valence-corrected chi connectivity index (χ3v) is 2.57. The summed E-state index contributed by atoms with van der Waals surface area (Å²) in [6, 6.07) is 7.55. The van der Waals surface area contributed by atoms with Crippen molar-refractivity contribution < 1.29 is 4.79 Å². The fourth-order valence-electron chi connectivity index (χ4n) is 1.66. The van der Waals surface area contributed by atoms with Crippen molar-refractivity contribution in [2.45, 2.75) is 13.0 Å². The van der Waals surface area contributed by atoms with E-state index in [4.69, 9.17) is 11.6 Å². The first-order chi connectivity index (χ1) is 7.74. The molecule has 0 aliphatic carbocycles. The first-order valence-corrected chi connectivity index (χ1v) is 5.38. The number of aryl methyl sites for hydroxylation is 1. The molecule has 16 heavy (non-hydrogen) atoms. The molecule has 0 aliphatic heterocycles. The average molecular weight is 235 g/mol. The Balaban J connectivity index is 2.57. The first kappa shape index (κ1) is 10.9. The summed E-state index contributed by atoms with van der Waals surface area (Å²) in [5.74, 6) is 0. The van der Waals surface area contributed by atoms with Crippen LogP contribution in [-0.2, 0) is 6.54 Å². The Kier molecular flexibility index (Phi) is 3.06. The largest absolute Gasteiger partial charge is 0.274 e. The Hall–Kier alpha value is -1.61. The van der Waals surface area contributed by atoms with Crippen molar-refractivity contribution in [3.8, 4) is 0 Å². The molecular weight excluding hydrogens is 224 g/mol. The quantitative estimate of drug-likeness (QED) is 0.602. The SMILES string of the molecule is C=CCCn1nc(C(=O)Cl)c2ccccc21. The number of aromatic nitrogens is 2. The Bertz CT molecular complexity index is 545. The number of para-hydroxylation sites is 1. The molecule has 2 rings (SSSR count). The predicted molar refractivity (Wildman–Crippen MR) is 64.7 cm³/mol. The van der Waals surface area contributed by atoms with Crippen LogP contribution >= 0.6 is 11.6 Å². The van der Waals surface area contributed by atoms with Crippen LogP contribution in [0.25, 0.3) is 10.9 Å². The lowest BCUT2D eigenvalue weighted by Crippen LogP contribution is -2.00. The van der Waals surface area contributed by atoms with Gasteiger partial charge in [0.25, 0.3) is 5.24 Å². The van der Waals surface area contributed by atoms with Gasteiger partial charge in [0.1, 0.15) is 0 Å². The molecule has 0 aliphatic rings. The van der Waals surface area contributed by atoms with E-state index in [-0.39, 0.29) is 0 Å². The van der Waals surface area contributed by atoms with Gasteiger partial charge in [-0.2, -0.15) is 5.10 Å². The van der Waals surface area contributed by atoms with Crippen LogP contribution < -0.4 is 0 Å². The van der Waals surface area contributed by atoms with Gasteiger partial charge in [0.05, 0.1) is 5.52 Å². The van der Waals surface area contributed by atoms with Gasteiger partial charge in [0, 0.05) is 11.9 Å². The molecule has 0 saturated heterocycles. The number of allylic oxidation sites excluding steroid dienone is 1. The van der Waals surface area contributed by atoms with Crippen molar-refractivity contribution in [2.24, 2.45) is 0 Å². The summed E-state index contributed by atoms with van der Waals surface area (Å²) >= 11 is 5.49. The van der Waals surface area contributed by atoms with Crippen molar-refractivity contribution in [3.05, 3.63) is 42.6 Å². The summed E-state index contributed by atoms with van der Waals surface area (Å²) in [4.78, 5) is 11.2. The number of halogens is 1. The number of hydrogen-bond acceptors (Lipinski definition) is 2. The zero-order valence-corrected chi connectivity index (χ0v) is 9.44. The van der Waals surface area contributed by atoms with Gasteiger partial charge in [-0.1, -0.05) is 24.3 Å². The number of fused-ring (bicyclic) bond motifs is 1. The first-order valence-electron chi connectivity index (χ1n) is 5.00. The summed E-state index contributed by atoms with van der Waals surface area (Å²) in [6.45, 7) is 4.37. The molecule has 0 bridgehead atoms. The van der Waals surface area contributed by atoms with Crippen molar-refractivity contribution in [3.63, 3.8) is 0 Å². The molecule has 1 aromatic carbocycles. The van der Waals surface area contributed by atoms with E-state index in [2.05, 4.69) is 11.7 Å². The maximum atomic E-state index is 11.2. The number of rotatable bonds is 4. The maximum Gasteiger partial charge on any atom is 0.273 e. The zero-order chi connectivity index (χ0) is 11.5. The fourth-order valence-corrected chi connectivity index (χ4v) is 1.80. The van der Waals surface area contributed by atoms with Crippen LogP contribution in [0, 0.1) is 0 Å². The van der Waals surface area contributed by atoms with Gasteiger partial charge >= 0.3 is 0 Å². The second-order valence-electron chi connectivity index (χ2n) is 3.44. The summed E-state index contributed by atoms with van der Waals surface area (Å²) in [7, 11) is 0. The summed E-state index contributed by atoms with van der Waals surface area (Å²) in [6.07, 6.45) is 2.63. The number of carbonyl (C=O) groups is 1. The van der Waals surface area contributed by atoms with E-state index in [0.29, 0.717) is 12.2 Å². The molecule has 4 heteroatoms. The van der Waals surface area contributed by atoms with Gasteiger partial charge in [-0.25, -0.2) is 0 Å². The lowest BCUT2D eigenvalue weighted by molar-refractivity contribution is 0.107. The number of hydrogen-bond donors (Lipinski definition) is 0. The van der Waals surface area contributed by atoms with Crippen LogP contribution in [0.15, 0.2) is 36.9 Å². The van der Waals surface area contributed by atoms with Gasteiger partial charge in [-0.3, -0.25) is 9.48 Å². The van der Waals surface area contributed by atoms with Gasteiger partial charge in [0.2, 0.25) is 0 Å². The number of nitrogens with zero attached hydrogens (tertiary/aromatic N) is 2. The maximum absolute atomic E-state index is 11.2. The highest BCUT2D eigenvalue weighted by molar-refractivity contribution is 6.68. The normalized spacial score (nSPS) is 10.6. The Morgan fingerprint density at radius 1 is 1.50 bits per heavy atom. The highest BCUT2D eigenvalue weighted by atomic mass is 35.5. The third kappa shape index (κ3) is 1.86. The summed E-state index contributed by atoms with van der Waals surface area (Å²) in [5.41, 5.74) is 1.25. The van der Waals surface area contributed by atoms with Crippen molar-refractivity contribution in [2.75, 3.05) is 0 Å². The van der Waals surface area contributed by atoms with Crippen molar-refractivity contribution in [1.29, 1.82) is 0 Å². The van der Waals surface area contributed by atoms with E-state index in [1.807, 2.05) is 30.3 Å². The fraction of sp³-hybridized carbons (Fsp3) is 0.167. The lowest BCUT2D eigenvalue weighted by Gasteiger charge is -1.99. The minimum absolute atomic E-state index is 0.321. The predicted octanol–water partition coefficient (Wildman–Crippen LogP) is 2.99. The molecule has 82 valence electrons. The van der Waals surface area contributed by atoms with Crippen molar-refractivity contribution in [1.82, 2.24) is 9.78 Å². The molecule has 2 aromatic rings. The Morgan fingerprint density at radius 3 is 2.94 bits per heavy atom. The average Bonchev–Trinajstić information content (AvgIpc) is 2.65. The van der Waals surface area contributed by atoms with E-state index >= 15 is 0 Å². The van der Waals surface area contributed by atoms with Crippen LogP contribution in [0.1, 0.15) is 16.9 Å². The van der Waals surface area contributed by atoms with Gasteiger partial charge in [-0.05, 0) is 24.1 Å². The highest BCUT2D eigenvalue weighted by Crippen LogP contribution is 2.20. The molecule has 0 N–H and O–H groups in total. The number of benzene rings is 1. The molecule has 3 nitrogen and oxygen atoms in total. The second-order valence-corrected chi connectivity index (χ2v) is 3.78. The lowest BCUT2D eigenvalue weighted by atomic mass is 10.2. The summed E-state index contributed by atoms with van der Waals surface area (Å²) < 4.78 is 1.78. The zero-order valence-electron chi connectivity index (χ0n) is 8.69. The van der Waals surface area contributed by atoms with Gasteiger partial charge in [-0.15, -0.1) is 6.58 Å². The van der Waals surface area contributed by atoms with Crippen LogP contribution in [0.5, 0.6) is 0 Å². The molecule has 0 unspecified atom stereocenters. The minimum atomic E-state index is -0.520. The second kappa shape index (κ2) is 4.49. The van der Waals surface area contributed by atoms with Crippen LogP contribution in [0.2, 0.25) is 0 Å². The van der Waals surface area contributed by atoms with E-state index < -0.39 is 5.24 Å². The smallest absolute Gasteiger partial charge is 0.273 e. The number of carbonyl (C=O) groups excluding carboxylic acids is 1. The van der Waals surface area contributed by atoms with Crippen LogP contribution in [0.3, 0.4) is 0 Å². The molecule has 0 fully saturated rings. The topological polar surface area (TPSA) is 34.9 Å². The molecule has 1 aromatic heterocycles. The van der Waals surface area contributed by atoms with Crippen LogP contribution in [-0.4, -0.2) is 15.0 Å². The third-order valence-electron chi connectivity index (χ3n) is 2.39. The molecule has 0 atom stereocenters. The Morgan fingerprint density at radius 2 is 2.25 bits per heavy atom. The van der Waals surface area contributed by atoms with E-state index in [9.17, 15) is 4.79 Å². The van der Waals surface area contributed by atoms with Crippen molar-refractivity contribution >= 4 is 27.7 Å². The van der Waals surface area contributed by atoms with E-state index in [1.54, 1.807) is 4.68 Å². The molecule has 0 radical (unpaired) electrons. The highest BCUT2D eigenvalue weighted by Gasteiger charge is 2.14. The molecular formula is C12H11ClN2O. The monoisotopic (exact) mass is 234 g/mol. The van der Waals surface area contributed by atoms with Crippen LogP contribution in [0.4, 0.5) is 0 Å². The van der Waals surface area contributed by atoms with Gasteiger partial charge in [0.15, 0.2) is 5.69 Å². The minimum Gasteiger partial charge on any atom is -0.274 e. The van der Waals surface area contributed by atoms with E-state index in [1.165, 1.54) is 0 Å². The molecule has 0 spiro atoms. The van der Waals surface area contributed by atoms with E-state index in [0.717, 1.165) is 17.3 Å². The standard InChI is InChI=1S/C12H11ClN2O/c1-2-3-8-15-10-7-5-4-6-9(10)11(14-15)12(13)16/h2,4-7H,1,3,8H2. The summed E-state index contributed by atoms with van der Waals surface area (Å²) in [5, 5.41) is 4.49. The van der Waals surface area contributed by atoms with Gasteiger partial charge < -0.3 is 0 Å². The molecule has 0 amide bonds. The molecule has 1 heterocycles. The Labute approximate surface area is 98.3 Å². The molecule has 0 saturated carbocycles.